The van der Waals surface area contributed by atoms with E-state index in [9.17, 15) is 4.79 Å². The van der Waals surface area contributed by atoms with Crippen LogP contribution in [0.1, 0.15) is 23.1 Å². The smallest absolute Gasteiger partial charge is 0.263 e. The van der Waals surface area contributed by atoms with Crippen LogP contribution in [-0.2, 0) is 19.4 Å². The summed E-state index contributed by atoms with van der Waals surface area (Å²) >= 11 is 0. The fourth-order valence-corrected chi connectivity index (χ4v) is 2.87. The molecule has 0 fully saturated rings. The van der Waals surface area contributed by atoms with E-state index in [1.165, 1.54) is 42.1 Å². The van der Waals surface area contributed by atoms with E-state index >= 15 is 0 Å². The maximum Gasteiger partial charge on any atom is 0.263 e. The van der Waals surface area contributed by atoms with Gasteiger partial charge in [0.05, 0.1) is 6.20 Å². The van der Waals surface area contributed by atoms with Gasteiger partial charge in [-0.3, -0.25) is 20.3 Å². The minimum Gasteiger partial charge on any atom is -0.291 e. The van der Waals surface area contributed by atoms with Crippen molar-refractivity contribution in [2.24, 2.45) is 0 Å². The number of anilines is 1. The van der Waals surface area contributed by atoms with Crippen molar-refractivity contribution in [3.8, 4) is 0 Å². The molecule has 0 saturated carbocycles. The number of hydrazine groups is 1. The first-order valence-electron chi connectivity index (χ1n) is 7.32. The molecule has 7 heteroatoms. The van der Waals surface area contributed by atoms with Crippen molar-refractivity contribution in [3.63, 3.8) is 0 Å². The molecule has 0 unspecified atom stereocenters. The number of nitrogens with zero attached hydrogens (tertiary/aromatic N) is 2. The average Bonchev–Trinajstić information content (AvgIpc) is 3.15. The first-order valence-corrected chi connectivity index (χ1v) is 7.32. The van der Waals surface area contributed by atoms with E-state index in [1.807, 2.05) is 0 Å². The number of H-pyrrole nitrogens is 2. The lowest BCUT2D eigenvalue weighted by Crippen LogP contribution is -2.24. The number of nitrogens with one attached hydrogen (secondary N) is 4. The first-order chi connectivity index (χ1) is 10.8. The quantitative estimate of drug-likeness (QED) is 0.543. The van der Waals surface area contributed by atoms with Crippen LogP contribution in [0.3, 0.4) is 0 Å². The summed E-state index contributed by atoms with van der Waals surface area (Å²) in [5, 5.41) is 6.95. The largest absolute Gasteiger partial charge is 0.291 e. The lowest BCUT2D eigenvalue weighted by Gasteiger charge is -2.08. The van der Waals surface area contributed by atoms with Gasteiger partial charge in [-0.15, -0.1) is 0 Å². The monoisotopic (exact) mass is 296 g/mol. The van der Waals surface area contributed by atoms with Crippen LogP contribution in [-0.4, -0.2) is 20.2 Å². The molecule has 0 amide bonds. The summed E-state index contributed by atoms with van der Waals surface area (Å²) in [7, 11) is 0. The molecule has 0 aliphatic heterocycles. The molecule has 0 saturated heterocycles. The van der Waals surface area contributed by atoms with Crippen molar-refractivity contribution in [1.82, 2.24) is 25.6 Å². The summed E-state index contributed by atoms with van der Waals surface area (Å²) in [5.41, 5.74) is 10.4. The highest BCUT2D eigenvalue weighted by atomic mass is 16.1. The van der Waals surface area contributed by atoms with Crippen LogP contribution in [0.4, 0.5) is 5.95 Å². The van der Waals surface area contributed by atoms with Gasteiger partial charge >= 0.3 is 0 Å². The molecule has 0 bridgehead atoms. The number of fused-ring (bicyclic) bond motifs is 2. The van der Waals surface area contributed by atoms with E-state index in [0.29, 0.717) is 23.5 Å². The zero-order chi connectivity index (χ0) is 14.9. The van der Waals surface area contributed by atoms with Crippen molar-refractivity contribution in [2.75, 3.05) is 5.43 Å². The van der Waals surface area contributed by atoms with Gasteiger partial charge in [-0.25, -0.2) is 5.43 Å². The second kappa shape index (κ2) is 5.27. The van der Waals surface area contributed by atoms with E-state index < -0.39 is 0 Å². The van der Waals surface area contributed by atoms with Crippen molar-refractivity contribution >= 4 is 17.0 Å². The Kier molecular flexibility index (Phi) is 3.12. The van der Waals surface area contributed by atoms with Gasteiger partial charge in [0, 0.05) is 6.54 Å². The van der Waals surface area contributed by atoms with Gasteiger partial charge in [0.15, 0.2) is 5.65 Å². The predicted octanol–water partition coefficient (Wildman–Crippen LogP) is 1.25. The highest BCUT2D eigenvalue weighted by Gasteiger charge is 2.10. The van der Waals surface area contributed by atoms with Gasteiger partial charge in [-0.1, -0.05) is 18.2 Å². The van der Waals surface area contributed by atoms with Crippen LogP contribution < -0.4 is 16.4 Å². The van der Waals surface area contributed by atoms with Crippen LogP contribution in [0.15, 0.2) is 29.2 Å². The summed E-state index contributed by atoms with van der Waals surface area (Å²) in [6.07, 6.45) is 5.07. The molecule has 4 N–H and O–H groups in total. The summed E-state index contributed by atoms with van der Waals surface area (Å²) in [5.74, 6) is 0.364. The first kappa shape index (κ1) is 13.0. The Balaban J connectivity index is 1.44. The number of hydrogen-bond acceptors (Lipinski definition) is 5. The van der Waals surface area contributed by atoms with Crippen molar-refractivity contribution < 1.29 is 0 Å². The maximum absolute atomic E-state index is 11.8. The molecule has 7 nitrogen and oxygen atoms in total. The molecular weight excluding hydrogens is 280 g/mol. The number of aromatic nitrogens is 4. The van der Waals surface area contributed by atoms with E-state index in [4.69, 9.17) is 0 Å². The molecule has 1 aromatic carbocycles. The van der Waals surface area contributed by atoms with Crippen molar-refractivity contribution in [2.45, 2.75) is 25.8 Å². The normalized spacial score (nSPS) is 13.5. The third-order valence-electron chi connectivity index (χ3n) is 3.98. The van der Waals surface area contributed by atoms with Crippen molar-refractivity contribution in [3.05, 3.63) is 51.4 Å². The zero-order valence-electron chi connectivity index (χ0n) is 11.9. The molecule has 2 heterocycles. The molecule has 0 spiro atoms. The molecule has 0 radical (unpaired) electrons. The Morgan fingerprint density at radius 2 is 2.14 bits per heavy atom. The van der Waals surface area contributed by atoms with E-state index in [1.54, 1.807) is 0 Å². The summed E-state index contributed by atoms with van der Waals surface area (Å²) < 4.78 is 0. The Morgan fingerprint density at radius 1 is 1.23 bits per heavy atom. The lowest BCUT2D eigenvalue weighted by molar-refractivity contribution is 0.784. The topological polar surface area (TPSA) is 98.5 Å². The Labute approximate surface area is 126 Å². The lowest BCUT2D eigenvalue weighted by atomic mass is 10.1. The predicted molar refractivity (Wildman–Crippen MR) is 83.4 cm³/mol. The van der Waals surface area contributed by atoms with Crippen LogP contribution in [0.2, 0.25) is 0 Å². The average molecular weight is 296 g/mol. The van der Waals surface area contributed by atoms with Crippen LogP contribution in [0.25, 0.3) is 11.0 Å². The summed E-state index contributed by atoms with van der Waals surface area (Å²) in [6.45, 7) is 0.651. The summed E-state index contributed by atoms with van der Waals surface area (Å²) in [4.78, 5) is 18.7. The maximum atomic E-state index is 11.8. The van der Waals surface area contributed by atoms with E-state index in [-0.39, 0.29) is 5.56 Å². The third kappa shape index (κ3) is 2.35. The van der Waals surface area contributed by atoms with Crippen LogP contribution in [0.5, 0.6) is 0 Å². The molecule has 2 aromatic heterocycles. The Hall–Kier alpha value is -2.67. The van der Waals surface area contributed by atoms with Gasteiger partial charge in [-0.2, -0.15) is 10.1 Å². The Bertz CT molecular complexity index is 881. The number of aryl methyl sites for hydroxylation is 2. The number of benzene rings is 1. The van der Waals surface area contributed by atoms with Gasteiger partial charge in [0.2, 0.25) is 5.95 Å². The molecule has 112 valence electrons. The zero-order valence-corrected chi connectivity index (χ0v) is 11.9. The van der Waals surface area contributed by atoms with Crippen LogP contribution in [0, 0.1) is 0 Å². The highest BCUT2D eigenvalue weighted by molar-refractivity contribution is 5.73. The highest BCUT2D eigenvalue weighted by Crippen LogP contribution is 2.22. The fourth-order valence-electron chi connectivity index (χ4n) is 2.87. The van der Waals surface area contributed by atoms with Gasteiger partial charge < -0.3 is 0 Å². The number of aromatic amines is 2. The molecule has 22 heavy (non-hydrogen) atoms. The van der Waals surface area contributed by atoms with Gasteiger partial charge in [-0.05, 0) is 36.0 Å². The van der Waals surface area contributed by atoms with E-state index in [2.05, 4.69) is 49.2 Å². The van der Waals surface area contributed by atoms with Gasteiger partial charge in [0.25, 0.3) is 5.56 Å². The SMILES string of the molecule is O=c1[nH]c(NNCc2ccc3c(c2)CCC3)nc2[nH]ncc12. The second-order valence-corrected chi connectivity index (χ2v) is 5.48. The summed E-state index contributed by atoms with van der Waals surface area (Å²) in [6, 6.07) is 6.58. The second-order valence-electron chi connectivity index (χ2n) is 5.48. The molecule has 1 aliphatic rings. The minimum atomic E-state index is -0.222. The minimum absolute atomic E-state index is 0.222. The molecular formula is C15H16N6O. The number of hydrogen-bond donors (Lipinski definition) is 4. The molecule has 1 aliphatic carbocycles. The number of rotatable bonds is 4. The molecule has 3 aromatic rings. The molecule has 4 rings (SSSR count). The standard InChI is InChI=1S/C15H16N6O/c22-14-12-8-17-20-13(12)18-15(19-14)21-16-7-9-4-5-10-2-1-3-11(10)6-9/h4-6,8,16H,1-3,7H2,(H3,17,18,19,20,21,22). The van der Waals surface area contributed by atoms with Crippen molar-refractivity contribution in [1.29, 1.82) is 0 Å². The fraction of sp³-hybridized carbons (Fsp3) is 0.267. The third-order valence-corrected chi connectivity index (χ3v) is 3.98. The van der Waals surface area contributed by atoms with E-state index in [0.717, 1.165) is 0 Å². The van der Waals surface area contributed by atoms with Crippen LogP contribution >= 0.6 is 0 Å². The van der Waals surface area contributed by atoms with Gasteiger partial charge in [0.1, 0.15) is 5.39 Å². The molecule has 0 atom stereocenters. The Morgan fingerprint density at radius 3 is 3.09 bits per heavy atom.